The zero-order valence-corrected chi connectivity index (χ0v) is 23.7. The van der Waals surface area contributed by atoms with E-state index in [1.165, 1.54) is 0 Å². The number of ether oxygens (including phenoxy) is 3. The lowest BCUT2D eigenvalue weighted by molar-refractivity contribution is -0.129. The number of hydrogen-bond acceptors (Lipinski definition) is 7. The van der Waals surface area contributed by atoms with Crippen molar-refractivity contribution in [3.05, 3.63) is 102 Å². The third-order valence-electron chi connectivity index (χ3n) is 6.86. The van der Waals surface area contributed by atoms with Crippen molar-refractivity contribution in [2.24, 2.45) is 4.99 Å². The molecule has 2 atom stereocenters. The first-order valence-electron chi connectivity index (χ1n) is 14.1. The predicted octanol–water partition coefficient (Wildman–Crippen LogP) is 4.72. The average Bonchev–Trinajstić information content (AvgIpc) is 3.34. The molecule has 8 nitrogen and oxygen atoms in total. The van der Waals surface area contributed by atoms with Gasteiger partial charge in [0, 0.05) is 31.6 Å². The monoisotopic (exact) mass is 557 g/mol. The summed E-state index contributed by atoms with van der Waals surface area (Å²) >= 11 is 0. The van der Waals surface area contributed by atoms with Gasteiger partial charge in [-0.2, -0.15) is 0 Å². The second-order valence-corrected chi connectivity index (χ2v) is 9.74. The van der Waals surface area contributed by atoms with Crippen molar-refractivity contribution in [3.63, 3.8) is 0 Å². The zero-order valence-electron chi connectivity index (χ0n) is 23.7. The number of nitrogens with one attached hydrogen (secondary N) is 2. The molecule has 8 heteroatoms. The number of nitrogens with zero attached hydrogens (tertiary/aromatic N) is 1. The van der Waals surface area contributed by atoms with E-state index in [1.54, 1.807) is 0 Å². The minimum Gasteiger partial charge on any atom is -0.494 e. The number of hydrazine groups is 1. The summed E-state index contributed by atoms with van der Waals surface area (Å²) in [6.07, 6.45) is 5.07. The number of aliphatic hydroxyl groups is 1. The molecular weight excluding hydrogens is 518 g/mol. The van der Waals surface area contributed by atoms with Crippen molar-refractivity contribution in [1.29, 1.82) is 0 Å². The minimum absolute atomic E-state index is 0.0822. The highest BCUT2D eigenvalue weighted by molar-refractivity contribution is 6.00. The molecule has 0 radical (unpaired) electrons. The Bertz CT molecular complexity index is 1310. The van der Waals surface area contributed by atoms with Gasteiger partial charge >= 0.3 is 0 Å². The van der Waals surface area contributed by atoms with Crippen LogP contribution in [0.2, 0.25) is 0 Å². The summed E-state index contributed by atoms with van der Waals surface area (Å²) in [7, 11) is 0. The quantitative estimate of drug-likeness (QED) is 0.185. The molecule has 0 aromatic heterocycles. The van der Waals surface area contributed by atoms with E-state index >= 15 is 0 Å². The third-order valence-corrected chi connectivity index (χ3v) is 6.86. The van der Waals surface area contributed by atoms with Gasteiger partial charge in [0.15, 0.2) is 5.54 Å². The lowest BCUT2D eigenvalue weighted by Gasteiger charge is -2.27. The lowest BCUT2D eigenvalue weighted by Crippen LogP contribution is -2.54. The number of aliphatic hydroxyl groups excluding tert-OH is 1. The van der Waals surface area contributed by atoms with Crippen LogP contribution in [-0.4, -0.2) is 54.9 Å². The number of hydrogen-bond donors (Lipinski definition) is 3. The first-order chi connectivity index (χ1) is 20.1. The van der Waals surface area contributed by atoms with Gasteiger partial charge in [-0.3, -0.25) is 10.2 Å². The number of carbonyl (C=O) groups is 1. The Kier molecular flexibility index (Phi) is 10.9. The molecule has 0 aliphatic carbocycles. The molecule has 216 valence electrons. The van der Waals surface area contributed by atoms with Gasteiger partial charge in [0.2, 0.25) is 5.90 Å². The summed E-state index contributed by atoms with van der Waals surface area (Å²) in [5, 5.41) is 8.97. The average molecular weight is 558 g/mol. The van der Waals surface area contributed by atoms with Crippen LogP contribution < -0.4 is 20.3 Å². The molecule has 41 heavy (non-hydrogen) atoms. The molecule has 1 aliphatic heterocycles. The second kappa shape index (κ2) is 15.0. The highest BCUT2D eigenvalue weighted by atomic mass is 16.5. The van der Waals surface area contributed by atoms with E-state index in [0.29, 0.717) is 50.7 Å². The van der Waals surface area contributed by atoms with Crippen LogP contribution >= 0.6 is 0 Å². The Balaban J connectivity index is 1.48. The topological polar surface area (TPSA) is 101 Å². The third kappa shape index (κ3) is 7.96. The van der Waals surface area contributed by atoms with Crippen molar-refractivity contribution in [1.82, 2.24) is 10.9 Å². The standard InChI is InChI=1S/C33H39N3O5/c1-3-39-30-15-8-7-14-27(30)20-22-34-36-32(38)33(21-9-13-26-11-5-4-6-12-26)25(2)41-31(35-33)28-16-18-29(19-17-28)40-24-10-23-37/h4-9,11-19,25,34,37H,3,10,20-24H2,1-2H3,(H,36,38)/b13-9+/t25-,33-/m0/s1. The first-order valence-corrected chi connectivity index (χ1v) is 14.1. The van der Waals surface area contributed by atoms with Crippen molar-refractivity contribution < 1.29 is 24.1 Å². The largest absolute Gasteiger partial charge is 0.494 e. The fourth-order valence-electron chi connectivity index (χ4n) is 4.58. The van der Waals surface area contributed by atoms with E-state index in [4.69, 9.17) is 24.3 Å². The van der Waals surface area contributed by atoms with Gasteiger partial charge in [0.25, 0.3) is 5.91 Å². The van der Waals surface area contributed by atoms with Crippen LogP contribution in [0.1, 0.15) is 43.4 Å². The number of carbonyl (C=O) groups excluding carboxylic acids is 1. The van der Waals surface area contributed by atoms with Gasteiger partial charge in [-0.05, 0) is 61.7 Å². The SMILES string of the molecule is CCOc1ccccc1CCNNC(=O)[C@@]1(C/C=C/c2ccccc2)N=C(c2ccc(OCCCO)cc2)O[C@H]1C. The zero-order chi connectivity index (χ0) is 28.9. The summed E-state index contributed by atoms with van der Waals surface area (Å²) < 4.78 is 17.5. The van der Waals surface area contributed by atoms with Gasteiger partial charge in [-0.15, -0.1) is 0 Å². The van der Waals surface area contributed by atoms with E-state index < -0.39 is 11.6 Å². The maximum absolute atomic E-state index is 13.7. The van der Waals surface area contributed by atoms with E-state index in [1.807, 2.05) is 105 Å². The fourth-order valence-corrected chi connectivity index (χ4v) is 4.58. The summed E-state index contributed by atoms with van der Waals surface area (Å²) in [5.74, 6) is 1.69. The number of aliphatic imine (C=N–C) groups is 1. The molecule has 1 heterocycles. The van der Waals surface area contributed by atoms with E-state index in [2.05, 4.69) is 10.9 Å². The first kappa shape index (κ1) is 29.8. The molecule has 3 N–H and O–H groups in total. The van der Waals surface area contributed by atoms with E-state index in [0.717, 1.165) is 22.4 Å². The van der Waals surface area contributed by atoms with Gasteiger partial charge in [0.05, 0.1) is 13.2 Å². The Morgan fingerprint density at radius 2 is 1.80 bits per heavy atom. The predicted molar refractivity (Wildman–Crippen MR) is 161 cm³/mol. The van der Waals surface area contributed by atoms with Gasteiger partial charge in [-0.25, -0.2) is 10.4 Å². The summed E-state index contributed by atoms with van der Waals surface area (Å²) in [6, 6.07) is 25.2. The molecule has 3 aromatic rings. The van der Waals surface area contributed by atoms with Crippen LogP contribution in [0.4, 0.5) is 0 Å². The molecule has 0 spiro atoms. The lowest BCUT2D eigenvalue weighted by atomic mass is 9.89. The molecule has 0 saturated carbocycles. The number of amides is 1. The summed E-state index contributed by atoms with van der Waals surface area (Å²) in [5.41, 5.74) is 7.68. The fraction of sp³-hybridized carbons (Fsp3) is 0.333. The van der Waals surface area contributed by atoms with E-state index in [9.17, 15) is 4.79 Å². The van der Waals surface area contributed by atoms with Gasteiger partial charge < -0.3 is 19.3 Å². The molecular formula is C33H39N3O5. The maximum atomic E-state index is 13.7. The van der Waals surface area contributed by atoms with Crippen molar-refractivity contribution in [2.45, 2.75) is 44.8 Å². The molecule has 4 rings (SSSR count). The molecule has 1 aliphatic rings. The highest BCUT2D eigenvalue weighted by Gasteiger charge is 2.49. The normalized spacial score (nSPS) is 18.1. The minimum atomic E-state index is -1.16. The molecule has 1 amide bonds. The Hall–Kier alpha value is -4.14. The van der Waals surface area contributed by atoms with Gasteiger partial charge in [0.1, 0.15) is 17.6 Å². The van der Waals surface area contributed by atoms with Crippen molar-refractivity contribution in [3.8, 4) is 11.5 Å². The smallest absolute Gasteiger partial charge is 0.266 e. The number of benzene rings is 3. The number of para-hydroxylation sites is 1. The molecule has 0 unspecified atom stereocenters. The summed E-state index contributed by atoms with van der Waals surface area (Å²) in [6.45, 7) is 5.47. The molecule has 0 bridgehead atoms. The molecule has 0 saturated heterocycles. The van der Waals surface area contributed by atoms with Crippen molar-refractivity contribution >= 4 is 17.9 Å². The van der Waals surface area contributed by atoms with Crippen LogP contribution in [0.5, 0.6) is 11.5 Å². The molecule has 3 aromatic carbocycles. The number of rotatable bonds is 15. The van der Waals surface area contributed by atoms with Crippen LogP contribution in [-0.2, 0) is 16.0 Å². The Labute approximate surface area is 242 Å². The maximum Gasteiger partial charge on any atom is 0.266 e. The second-order valence-electron chi connectivity index (χ2n) is 9.74. The van der Waals surface area contributed by atoms with Crippen LogP contribution in [0.25, 0.3) is 6.08 Å². The Morgan fingerprint density at radius 3 is 2.56 bits per heavy atom. The van der Waals surface area contributed by atoms with Crippen molar-refractivity contribution in [2.75, 3.05) is 26.4 Å². The van der Waals surface area contributed by atoms with E-state index in [-0.39, 0.29) is 12.5 Å². The van der Waals surface area contributed by atoms with Crippen LogP contribution in [0, 0.1) is 0 Å². The highest BCUT2D eigenvalue weighted by Crippen LogP contribution is 2.33. The van der Waals surface area contributed by atoms with Gasteiger partial charge in [-0.1, -0.05) is 60.7 Å². The molecule has 0 fully saturated rings. The van der Waals surface area contributed by atoms with Crippen LogP contribution in [0.15, 0.2) is 89.9 Å². The summed E-state index contributed by atoms with van der Waals surface area (Å²) in [4.78, 5) is 18.6. The Morgan fingerprint density at radius 1 is 1.05 bits per heavy atom. The van der Waals surface area contributed by atoms with Crippen LogP contribution in [0.3, 0.4) is 0 Å².